The summed E-state index contributed by atoms with van der Waals surface area (Å²) in [4.78, 5) is 14.8. The Labute approximate surface area is 181 Å². The fourth-order valence-corrected chi connectivity index (χ4v) is 4.76. The molecule has 6 nitrogen and oxygen atoms in total. The van der Waals surface area contributed by atoms with E-state index in [-0.39, 0.29) is 21.2 Å². The Bertz CT molecular complexity index is 999. The van der Waals surface area contributed by atoms with E-state index in [0.29, 0.717) is 12.6 Å². The number of hydrogen-bond acceptors (Lipinski definition) is 4. The summed E-state index contributed by atoms with van der Waals surface area (Å²) >= 11 is 6.14. The predicted octanol–water partition coefficient (Wildman–Crippen LogP) is 3.88. The van der Waals surface area contributed by atoms with Crippen LogP contribution in [0.2, 0.25) is 5.02 Å². The molecular weight excluding hydrogens is 429 g/mol. The first-order valence-electron chi connectivity index (χ1n) is 9.86. The van der Waals surface area contributed by atoms with Gasteiger partial charge >= 0.3 is 0 Å². The molecule has 1 atom stereocenters. The van der Waals surface area contributed by atoms with Gasteiger partial charge in [-0.25, -0.2) is 12.8 Å². The Morgan fingerprint density at radius 1 is 1.20 bits per heavy atom. The molecule has 1 amide bonds. The highest BCUT2D eigenvalue weighted by Gasteiger charge is 2.20. The molecule has 2 aromatic rings. The Balaban J connectivity index is 1.67. The van der Waals surface area contributed by atoms with E-state index in [4.69, 9.17) is 11.6 Å². The van der Waals surface area contributed by atoms with Crippen LogP contribution in [0.4, 0.5) is 10.1 Å². The summed E-state index contributed by atoms with van der Waals surface area (Å²) in [7, 11) is -3.96. The van der Waals surface area contributed by atoms with E-state index in [1.807, 2.05) is 0 Å². The Kier molecular flexibility index (Phi) is 7.33. The first-order chi connectivity index (χ1) is 14.3. The average molecular weight is 454 g/mol. The minimum Gasteiger partial charge on any atom is -0.351 e. The number of carbonyl (C=O) groups is 1. The summed E-state index contributed by atoms with van der Waals surface area (Å²) in [6, 6.07) is 9.38. The number of sulfonamides is 1. The van der Waals surface area contributed by atoms with Crippen LogP contribution in [0.5, 0.6) is 0 Å². The number of likely N-dealkylation sites (tertiary alicyclic amines) is 1. The second kappa shape index (κ2) is 9.76. The van der Waals surface area contributed by atoms with E-state index < -0.39 is 21.7 Å². The number of halogens is 2. The SMILES string of the molecule is CC1CCCCN1CCNC(=O)c1cc(S(=O)(=O)Nc2ccc(F)cc2)ccc1Cl. The van der Waals surface area contributed by atoms with Gasteiger partial charge in [-0.05, 0) is 68.8 Å². The molecule has 1 unspecified atom stereocenters. The van der Waals surface area contributed by atoms with Crippen LogP contribution >= 0.6 is 11.6 Å². The van der Waals surface area contributed by atoms with Crippen LogP contribution in [0.3, 0.4) is 0 Å². The van der Waals surface area contributed by atoms with Crippen molar-refractivity contribution in [2.24, 2.45) is 0 Å². The lowest BCUT2D eigenvalue weighted by Crippen LogP contribution is -2.42. The molecule has 0 bridgehead atoms. The average Bonchev–Trinajstić information content (AvgIpc) is 2.71. The van der Waals surface area contributed by atoms with Crippen molar-refractivity contribution >= 4 is 33.2 Å². The summed E-state index contributed by atoms with van der Waals surface area (Å²) in [6.45, 7) is 4.37. The molecule has 162 valence electrons. The van der Waals surface area contributed by atoms with Gasteiger partial charge < -0.3 is 5.32 Å². The van der Waals surface area contributed by atoms with E-state index in [1.165, 1.54) is 36.8 Å². The van der Waals surface area contributed by atoms with Crippen LogP contribution in [0.15, 0.2) is 47.4 Å². The molecule has 2 aromatic carbocycles. The van der Waals surface area contributed by atoms with Gasteiger partial charge in [0, 0.05) is 24.8 Å². The van der Waals surface area contributed by atoms with Crippen molar-refractivity contribution in [1.82, 2.24) is 10.2 Å². The second-order valence-electron chi connectivity index (χ2n) is 7.39. The number of anilines is 1. The van der Waals surface area contributed by atoms with E-state index in [9.17, 15) is 17.6 Å². The summed E-state index contributed by atoms with van der Waals surface area (Å²) in [5, 5.41) is 2.99. The van der Waals surface area contributed by atoms with Crippen LogP contribution in [0, 0.1) is 5.82 Å². The summed E-state index contributed by atoms with van der Waals surface area (Å²) < 4.78 is 40.7. The lowest BCUT2D eigenvalue weighted by Gasteiger charge is -2.33. The van der Waals surface area contributed by atoms with Gasteiger partial charge in [-0.1, -0.05) is 18.0 Å². The van der Waals surface area contributed by atoms with Gasteiger partial charge in [0.15, 0.2) is 0 Å². The molecular formula is C21H25ClFN3O3S. The van der Waals surface area contributed by atoms with Crippen LogP contribution in [0.1, 0.15) is 36.5 Å². The van der Waals surface area contributed by atoms with E-state index in [0.717, 1.165) is 38.1 Å². The van der Waals surface area contributed by atoms with Crippen molar-refractivity contribution in [3.63, 3.8) is 0 Å². The maximum atomic E-state index is 13.0. The number of amides is 1. The molecule has 1 saturated heterocycles. The monoisotopic (exact) mass is 453 g/mol. The molecule has 2 N–H and O–H groups in total. The molecule has 0 saturated carbocycles. The largest absolute Gasteiger partial charge is 0.351 e. The first-order valence-corrected chi connectivity index (χ1v) is 11.7. The van der Waals surface area contributed by atoms with Gasteiger partial charge in [0.25, 0.3) is 15.9 Å². The highest BCUT2D eigenvalue weighted by Crippen LogP contribution is 2.23. The van der Waals surface area contributed by atoms with Crippen LogP contribution in [-0.2, 0) is 10.0 Å². The maximum absolute atomic E-state index is 13.0. The van der Waals surface area contributed by atoms with Crippen LogP contribution in [0.25, 0.3) is 0 Å². The van der Waals surface area contributed by atoms with Gasteiger partial charge in [-0.15, -0.1) is 0 Å². The van der Waals surface area contributed by atoms with Gasteiger partial charge in [0.2, 0.25) is 0 Å². The Morgan fingerprint density at radius 3 is 2.63 bits per heavy atom. The molecule has 1 fully saturated rings. The molecule has 1 heterocycles. The van der Waals surface area contributed by atoms with Gasteiger partial charge in [-0.2, -0.15) is 0 Å². The molecule has 9 heteroatoms. The van der Waals surface area contributed by atoms with E-state index in [2.05, 4.69) is 21.9 Å². The zero-order chi connectivity index (χ0) is 21.7. The maximum Gasteiger partial charge on any atom is 0.261 e. The summed E-state index contributed by atoms with van der Waals surface area (Å²) in [5.74, 6) is -0.897. The highest BCUT2D eigenvalue weighted by atomic mass is 35.5. The molecule has 3 rings (SSSR count). The fraction of sp³-hybridized carbons (Fsp3) is 0.381. The van der Waals surface area contributed by atoms with Crippen molar-refractivity contribution in [2.75, 3.05) is 24.4 Å². The lowest BCUT2D eigenvalue weighted by atomic mass is 10.0. The molecule has 1 aliphatic rings. The molecule has 1 aliphatic heterocycles. The normalized spacial score (nSPS) is 17.5. The van der Waals surface area contributed by atoms with Crippen LogP contribution < -0.4 is 10.0 Å². The summed E-state index contributed by atoms with van der Waals surface area (Å²) in [6.07, 6.45) is 3.54. The quantitative estimate of drug-likeness (QED) is 0.666. The molecule has 0 spiro atoms. The smallest absolute Gasteiger partial charge is 0.261 e. The Morgan fingerprint density at radius 2 is 1.93 bits per heavy atom. The third kappa shape index (κ3) is 5.71. The predicted molar refractivity (Wildman–Crippen MR) is 116 cm³/mol. The zero-order valence-corrected chi connectivity index (χ0v) is 18.3. The number of benzene rings is 2. The van der Waals surface area contributed by atoms with Gasteiger partial charge in [0.1, 0.15) is 5.82 Å². The second-order valence-corrected chi connectivity index (χ2v) is 9.48. The number of carbonyl (C=O) groups excluding carboxylic acids is 1. The molecule has 0 radical (unpaired) electrons. The number of piperidine rings is 1. The van der Waals surface area contributed by atoms with Gasteiger partial charge in [-0.3, -0.25) is 14.4 Å². The van der Waals surface area contributed by atoms with Crippen molar-refractivity contribution in [3.05, 3.63) is 58.9 Å². The van der Waals surface area contributed by atoms with E-state index in [1.54, 1.807) is 0 Å². The van der Waals surface area contributed by atoms with E-state index >= 15 is 0 Å². The van der Waals surface area contributed by atoms with Crippen molar-refractivity contribution < 1.29 is 17.6 Å². The first kappa shape index (κ1) is 22.5. The van der Waals surface area contributed by atoms with Gasteiger partial charge in [0.05, 0.1) is 15.5 Å². The number of nitrogens with zero attached hydrogens (tertiary/aromatic N) is 1. The fourth-order valence-electron chi connectivity index (χ4n) is 3.48. The minimum atomic E-state index is -3.96. The van der Waals surface area contributed by atoms with Crippen molar-refractivity contribution in [2.45, 2.75) is 37.1 Å². The molecule has 30 heavy (non-hydrogen) atoms. The lowest BCUT2D eigenvalue weighted by molar-refractivity contribution is 0.0938. The molecule has 0 aliphatic carbocycles. The Hall–Kier alpha value is -2.16. The number of nitrogens with one attached hydrogen (secondary N) is 2. The topological polar surface area (TPSA) is 78.5 Å². The van der Waals surface area contributed by atoms with Crippen LogP contribution in [-0.4, -0.2) is 44.9 Å². The standard InChI is InChI=1S/C21H25ClFN3O3S/c1-15-4-2-3-12-26(15)13-11-24-21(27)19-14-18(9-10-20(19)22)30(28,29)25-17-7-5-16(23)6-8-17/h5-10,14-15,25H,2-4,11-13H2,1H3,(H,24,27). The third-order valence-electron chi connectivity index (χ3n) is 5.21. The summed E-state index contributed by atoms with van der Waals surface area (Å²) in [5.41, 5.74) is 0.304. The van der Waals surface area contributed by atoms with Crippen molar-refractivity contribution in [3.8, 4) is 0 Å². The number of hydrogen-bond donors (Lipinski definition) is 2. The highest BCUT2D eigenvalue weighted by molar-refractivity contribution is 7.92. The minimum absolute atomic E-state index is 0.0883. The number of rotatable bonds is 7. The molecule has 0 aromatic heterocycles. The zero-order valence-electron chi connectivity index (χ0n) is 16.7. The third-order valence-corrected chi connectivity index (χ3v) is 6.92. The van der Waals surface area contributed by atoms with Crippen molar-refractivity contribution in [1.29, 1.82) is 0 Å².